The van der Waals surface area contributed by atoms with Crippen LogP contribution in [0.2, 0.25) is 5.02 Å². The number of nitrogens with zero attached hydrogens (tertiary/aromatic N) is 2. The number of fused-ring (bicyclic) bond motifs is 1. The Morgan fingerprint density at radius 2 is 2.00 bits per heavy atom. The SMILES string of the molecule is C=CCN1C(=O)[C@](O)([C@H](C)/C=C/CC(=O)N(CCO)Cc2ccccc2)c2cc(Cl)ccc21. The Hall–Kier alpha value is -2.93. The number of anilines is 1. The summed E-state index contributed by atoms with van der Waals surface area (Å²) < 4.78 is 0. The molecule has 33 heavy (non-hydrogen) atoms. The number of hydrogen-bond acceptors (Lipinski definition) is 4. The fourth-order valence-corrected chi connectivity index (χ4v) is 4.26. The maximum absolute atomic E-state index is 13.2. The predicted molar refractivity (Wildman–Crippen MR) is 130 cm³/mol. The second kappa shape index (κ2) is 10.8. The summed E-state index contributed by atoms with van der Waals surface area (Å²) in [5, 5.41) is 21.3. The topological polar surface area (TPSA) is 81.1 Å². The van der Waals surface area contributed by atoms with Gasteiger partial charge in [0.15, 0.2) is 5.60 Å². The summed E-state index contributed by atoms with van der Waals surface area (Å²) in [6.07, 6.45) is 5.02. The number of benzene rings is 2. The molecule has 6 nitrogen and oxygen atoms in total. The van der Waals surface area contributed by atoms with Gasteiger partial charge in [-0.3, -0.25) is 9.59 Å². The van der Waals surface area contributed by atoms with Crippen LogP contribution in [-0.4, -0.2) is 46.6 Å². The maximum atomic E-state index is 13.2. The van der Waals surface area contributed by atoms with Crippen molar-refractivity contribution in [3.63, 3.8) is 0 Å². The van der Waals surface area contributed by atoms with Crippen LogP contribution in [0, 0.1) is 5.92 Å². The Kier molecular flexibility index (Phi) is 8.08. The van der Waals surface area contributed by atoms with Crippen molar-refractivity contribution in [3.05, 3.63) is 89.5 Å². The Morgan fingerprint density at radius 3 is 2.67 bits per heavy atom. The van der Waals surface area contributed by atoms with Crippen LogP contribution in [0.25, 0.3) is 0 Å². The van der Waals surface area contributed by atoms with Gasteiger partial charge in [0.05, 0.1) is 12.3 Å². The van der Waals surface area contributed by atoms with E-state index in [0.717, 1.165) is 5.56 Å². The number of amides is 2. The number of carbonyl (C=O) groups excluding carboxylic acids is 2. The monoisotopic (exact) mass is 468 g/mol. The van der Waals surface area contributed by atoms with Crippen molar-refractivity contribution >= 4 is 29.1 Å². The molecule has 7 heteroatoms. The van der Waals surface area contributed by atoms with E-state index >= 15 is 0 Å². The average Bonchev–Trinajstić information content (AvgIpc) is 3.02. The van der Waals surface area contributed by atoms with Crippen molar-refractivity contribution in [1.82, 2.24) is 4.90 Å². The van der Waals surface area contributed by atoms with Crippen molar-refractivity contribution < 1.29 is 19.8 Å². The van der Waals surface area contributed by atoms with Gasteiger partial charge in [0.25, 0.3) is 5.91 Å². The van der Waals surface area contributed by atoms with Crippen molar-refractivity contribution in [3.8, 4) is 0 Å². The van der Waals surface area contributed by atoms with E-state index in [1.807, 2.05) is 30.3 Å². The number of halogens is 1. The summed E-state index contributed by atoms with van der Waals surface area (Å²) in [6.45, 7) is 6.18. The third-order valence-corrected chi connectivity index (χ3v) is 6.09. The zero-order chi connectivity index (χ0) is 24.0. The van der Waals surface area contributed by atoms with Gasteiger partial charge in [-0.1, -0.05) is 67.1 Å². The van der Waals surface area contributed by atoms with E-state index in [-0.39, 0.29) is 32.0 Å². The molecular weight excluding hydrogens is 440 g/mol. The van der Waals surface area contributed by atoms with Gasteiger partial charge in [0.2, 0.25) is 5.91 Å². The molecule has 3 rings (SSSR count). The van der Waals surface area contributed by atoms with Crippen LogP contribution >= 0.6 is 11.6 Å². The molecule has 0 bridgehead atoms. The first-order valence-electron chi connectivity index (χ1n) is 10.9. The minimum atomic E-state index is -1.79. The van der Waals surface area contributed by atoms with E-state index < -0.39 is 17.4 Å². The molecule has 2 atom stereocenters. The minimum absolute atomic E-state index is 0.0836. The molecule has 0 saturated carbocycles. The second-order valence-electron chi connectivity index (χ2n) is 8.08. The normalized spacial score (nSPS) is 18.4. The first-order valence-corrected chi connectivity index (χ1v) is 11.2. The van der Waals surface area contributed by atoms with Gasteiger partial charge in [-0.05, 0) is 23.8 Å². The molecule has 0 saturated heterocycles. The standard InChI is InChI=1S/C26H29ClN2O4/c1-3-14-29-23-13-12-21(27)17-22(23)26(33,25(29)32)19(2)8-7-11-24(31)28(15-16-30)18-20-9-5-4-6-10-20/h3-10,12-13,17,19,30,33H,1,11,14-16,18H2,2H3/b8-7+/t19-,26+/m1/s1. The van der Waals surface area contributed by atoms with Gasteiger partial charge in [0.1, 0.15) is 0 Å². The van der Waals surface area contributed by atoms with Crippen LogP contribution < -0.4 is 4.90 Å². The summed E-state index contributed by atoms with van der Waals surface area (Å²) in [7, 11) is 0. The van der Waals surface area contributed by atoms with Crippen LogP contribution in [0.1, 0.15) is 24.5 Å². The molecule has 0 aliphatic carbocycles. The molecule has 174 valence electrons. The summed E-state index contributed by atoms with van der Waals surface area (Å²) in [6, 6.07) is 14.6. The third-order valence-electron chi connectivity index (χ3n) is 5.86. The Labute approximate surface area is 199 Å². The summed E-state index contributed by atoms with van der Waals surface area (Å²) in [4.78, 5) is 29.0. The summed E-state index contributed by atoms with van der Waals surface area (Å²) >= 11 is 6.16. The fraction of sp³-hybridized carbons (Fsp3) is 0.308. The Morgan fingerprint density at radius 1 is 1.27 bits per heavy atom. The molecule has 2 aromatic carbocycles. The molecule has 0 unspecified atom stereocenters. The molecule has 2 N–H and O–H groups in total. The third kappa shape index (κ3) is 5.19. The Bertz CT molecular complexity index is 1040. The van der Waals surface area contributed by atoms with Crippen LogP contribution in [-0.2, 0) is 21.7 Å². The van der Waals surface area contributed by atoms with E-state index in [1.165, 1.54) is 4.90 Å². The molecule has 1 aliphatic rings. The summed E-state index contributed by atoms with van der Waals surface area (Å²) in [5.74, 6) is -1.21. The molecule has 0 radical (unpaired) electrons. The molecule has 1 aliphatic heterocycles. The van der Waals surface area contributed by atoms with Gasteiger partial charge in [-0.25, -0.2) is 0 Å². The Balaban J connectivity index is 1.75. The molecule has 0 aromatic heterocycles. The zero-order valence-electron chi connectivity index (χ0n) is 18.7. The lowest BCUT2D eigenvalue weighted by Crippen LogP contribution is -2.44. The smallest absolute Gasteiger partial charge is 0.264 e. The van der Waals surface area contributed by atoms with Crippen LogP contribution in [0.15, 0.2) is 73.3 Å². The van der Waals surface area contributed by atoms with E-state index in [0.29, 0.717) is 22.8 Å². The zero-order valence-corrected chi connectivity index (χ0v) is 19.4. The lowest BCUT2D eigenvalue weighted by Gasteiger charge is -2.27. The number of aliphatic hydroxyl groups excluding tert-OH is 1. The number of aliphatic hydroxyl groups is 2. The number of carbonyl (C=O) groups is 2. The number of hydrogen-bond donors (Lipinski definition) is 2. The van der Waals surface area contributed by atoms with Gasteiger partial charge >= 0.3 is 0 Å². The predicted octanol–water partition coefficient (Wildman–Crippen LogP) is 3.66. The quantitative estimate of drug-likeness (QED) is 0.521. The van der Waals surface area contributed by atoms with Crippen LogP contribution in [0.5, 0.6) is 0 Å². The lowest BCUT2D eigenvalue weighted by atomic mass is 9.83. The van der Waals surface area contributed by atoms with Crippen molar-refractivity contribution in [2.24, 2.45) is 5.92 Å². The molecule has 2 aromatic rings. The first-order chi connectivity index (χ1) is 15.8. The largest absolute Gasteiger partial charge is 0.395 e. The van der Waals surface area contributed by atoms with Gasteiger partial charge < -0.3 is 20.0 Å². The van der Waals surface area contributed by atoms with E-state index in [1.54, 1.807) is 48.3 Å². The first kappa shape index (κ1) is 24.7. The molecule has 0 fully saturated rings. The molecular formula is C26H29ClN2O4. The highest BCUT2D eigenvalue weighted by Crippen LogP contribution is 2.46. The summed E-state index contributed by atoms with van der Waals surface area (Å²) in [5.41, 5.74) is 0.215. The van der Waals surface area contributed by atoms with Crippen molar-refractivity contribution in [2.45, 2.75) is 25.5 Å². The van der Waals surface area contributed by atoms with Crippen LogP contribution in [0.3, 0.4) is 0 Å². The van der Waals surface area contributed by atoms with Crippen molar-refractivity contribution in [2.75, 3.05) is 24.6 Å². The van der Waals surface area contributed by atoms with Gasteiger partial charge in [0, 0.05) is 42.6 Å². The van der Waals surface area contributed by atoms with Crippen LogP contribution in [0.4, 0.5) is 5.69 Å². The fourth-order valence-electron chi connectivity index (χ4n) is 4.09. The average molecular weight is 469 g/mol. The highest BCUT2D eigenvalue weighted by molar-refractivity contribution is 6.31. The minimum Gasteiger partial charge on any atom is -0.395 e. The molecule has 1 heterocycles. The maximum Gasteiger partial charge on any atom is 0.264 e. The lowest BCUT2D eigenvalue weighted by molar-refractivity contribution is -0.139. The van der Waals surface area contributed by atoms with Gasteiger partial charge in [-0.2, -0.15) is 0 Å². The number of rotatable bonds is 10. The highest BCUT2D eigenvalue weighted by Gasteiger charge is 2.52. The van der Waals surface area contributed by atoms with Crippen molar-refractivity contribution in [1.29, 1.82) is 0 Å². The highest BCUT2D eigenvalue weighted by atomic mass is 35.5. The van der Waals surface area contributed by atoms with E-state index in [4.69, 9.17) is 11.6 Å². The van der Waals surface area contributed by atoms with E-state index in [2.05, 4.69) is 6.58 Å². The molecule has 0 spiro atoms. The van der Waals surface area contributed by atoms with E-state index in [9.17, 15) is 19.8 Å². The second-order valence-corrected chi connectivity index (χ2v) is 8.51. The van der Waals surface area contributed by atoms with Gasteiger partial charge in [-0.15, -0.1) is 6.58 Å². The molecule has 2 amide bonds.